The zero-order chi connectivity index (χ0) is 17.8. The van der Waals surface area contributed by atoms with E-state index in [9.17, 15) is 9.36 Å². The van der Waals surface area contributed by atoms with Crippen molar-refractivity contribution in [1.29, 1.82) is 0 Å². The standard InChI is InChI=1S/C18H28NO4P/c1-4-6-13-22-24(21,23-14-7-5-2)15-12-17-8-10-18(11-9-17)19-16(3)20/h8-12,15H,4-7,13-14H2,1-3H3,(H,19,20)/b15-12+. The monoisotopic (exact) mass is 353 g/mol. The Morgan fingerprint density at radius 3 is 2.08 bits per heavy atom. The third-order valence-electron chi connectivity index (χ3n) is 3.22. The van der Waals surface area contributed by atoms with E-state index >= 15 is 0 Å². The van der Waals surface area contributed by atoms with Gasteiger partial charge in [-0.15, -0.1) is 0 Å². The number of anilines is 1. The average Bonchev–Trinajstić information content (AvgIpc) is 2.54. The Hall–Kier alpha value is -1.42. The van der Waals surface area contributed by atoms with Crippen LogP contribution in [0.2, 0.25) is 0 Å². The first-order valence-electron chi connectivity index (χ1n) is 8.44. The van der Waals surface area contributed by atoms with Crippen molar-refractivity contribution in [2.75, 3.05) is 18.5 Å². The Morgan fingerprint density at radius 2 is 1.62 bits per heavy atom. The van der Waals surface area contributed by atoms with Crippen LogP contribution in [0.25, 0.3) is 6.08 Å². The maximum Gasteiger partial charge on any atom is 0.354 e. The minimum absolute atomic E-state index is 0.114. The van der Waals surface area contributed by atoms with Gasteiger partial charge in [0.2, 0.25) is 5.91 Å². The van der Waals surface area contributed by atoms with E-state index in [4.69, 9.17) is 9.05 Å². The van der Waals surface area contributed by atoms with Crippen LogP contribution >= 0.6 is 7.60 Å². The molecule has 134 valence electrons. The number of carbonyl (C=O) groups excluding carboxylic acids is 1. The van der Waals surface area contributed by atoms with Gasteiger partial charge in [-0.25, -0.2) is 0 Å². The number of benzene rings is 1. The van der Waals surface area contributed by atoms with Crippen LogP contribution in [0.1, 0.15) is 52.0 Å². The number of nitrogens with one attached hydrogen (secondary N) is 1. The molecule has 1 N–H and O–H groups in total. The molecule has 0 fully saturated rings. The topological polar surface area (TPSA) is 64.6 Å². The first-order chi connectivity index (χ1) is 11.5. The second-order valence-corrected chi connectivity index (χ2v) is 7.43. The molecule has 0 saturated carbocycles. The highest BCUT2D eigenvalue weighted by atomic mass is 31.2. The zero-order valence-electron chi connectivity index (χ0n) is 14.8. The van der Waals surface area contributed by atoms with Gasteiger partial charge in [0.25, 0.3) is 0 Å². The summed E-state index contributed by atoms with van der Waals surface area (Å²) in [6, 6.07) is 7.26. The number of hydrogen-bond acceptors (Lipinski definition) is 4. The minimum Gasteiger partial charge on any atom is -0.326 e. The van der Waals surface area contributed by atoms with Crippen LogP contribution in [0.4, 0.5) is 5.69 Å². The van der Waals surface area contributed by atoms with Crippen LogP contribution in [0, 0.1) is 0 Å². The van der Waals surface area contributed by atoms with Crippen LogP contribution in [-0.4, -0.2) is 19.1 Å². The number of hydrogen-bond donors (Lipinski definition) is 1. The van der Waals surface area contributed by atoms with E-state index in [0.29, 0.717) is 13.2 Å². The van der Waals surface area contributed by atoms with E-state index in [2.05, 4.69) is 19.2 Å². The Kier molecular flexibility index (Phi) is 9.62. The predicted octanol–water partition coefficient (Wildman–Crippen LogP) is 5.44. The van der Waals surface area contributed by atoms with Crippen molar-refractivity contribution in [2.45, 2.75) is 46.5 Å². The quantitative estimate of drug-likeness (QED) is 0.425. The molecule has 0 aliphatic carbocycles. The molecule has 0 radical (unpaired) electrons. The normalized spacial score (nSPS) is 11.8. The van der Waals surface area contributed by atoms with Crippen molar-refractivity contribution >= 4 is 25.3 Å². The van der Waals surface area contributed by atoms with Crippen LogP contribution in [0.15, 0.2) is 30.1 Å². The highest BCUT2D eigenvalue weighted by molar-refractivity contribution is 7.57. The van der Waals surface area contributed by atoms with Gasteiger partial charge in [0.15, 0.2) is 0 Å². The molecule has 1 amide bonds. The summed E-state index contributed by atoms with van der Waals surface area (Å²) in [5.41, 5.74) is 1.59. The largest absolute Gasteiger partial charge is 0.354 e. The van der Waals surface area contributed by atoms with E-state index in [1.807, 2.05) is 12.1 Å². The highest BCUT2D eigenvalue weighted by Gasteiger charge is 2.20. The molecular formula is C18H28NO4P. The molecule has 0 heterocycles. The molecular weight excluding hydrogens is 325 g/mol. The molecule has 24 heavy (non-hydrogen) atoms. The zero-order valence-corrected chi connectivity index (χ0v) is 15.7. The van der Waals surface area contributed by atoms with Gasteiger partial charge in [-0.05, 0) is 36.6 Å². The summed E-state index contributed by atoms with van der Waals surface area (Å²) in [5.74, 6) is 1.41. The molecule has 6 heteroatoms. The van der Waals surface area contributed by atoms with E-state index < -0.39 is 7.60 Å². The molecule has 0 spiro atoms. The van der Waals surface area contributed by atoms with Crippen LogP contribution in [0.5, 0.6) is 0 Å². The summed E-state index contributed by atoms with van der Waals surface area (Å²) in [6.45, 7) is 6.42. The van der Waals surface area contributed by atoms with Gasteiger partial charge in [0.1, 0.15) is 0 Å². The molecule has 0 saturated heterocycles. The fourth-order valence-electron chi connectivity index (χ4n) is 1.85. The third kappa shape index (κ3) is 8.44. The molecule has 0 aromatic heterocycles. The van der Waals surface area contributed by atoms with E-state index in [0.717, 1.165) is 36.9 Å². The highest BCUT2D eigenvalue weighted by Crippen LogP contribution is 2.50. The van der Waals surface area contributed by atoms with Gasteiger partial charge in [0, 0.05) is 18.4 Å². The van der Waals surface area contributed by atoms with Crippen molar-refractivity contribution in [1.82, 2.24) is 0 Å². The van der Waals surface area contributed by atoms with Crippen LogP contribution < -0.4 is 5.32 Å². The second-order valence-electron chi connectivity index (χ2n) is 5.53. The lowest BCUT2D eigenvalue weighted by Crippen LogP contribution is -2.05. The lowest BCUT2D eigenvalue weighted by atomic mass is 10.2. The van der Waals surface area contributed by atoms with Gasteiger partial charge in [-0.2, -0.15) is 0 Å². The summed E-state index contributed by atoms with van der Waals surface area (Å²) >= 11 is 0. The van der Waals surface area contributed by atoms with Crippen LogP contribution in [-0.2, 0) is 18.4 Å². The molecule has 0 bridgehead atoms. The summed E-state index contributed by atoms with van der Waals surface area (Å²) in [5, 5.41) is 2.71. The van der Waals surface area contributed by atoms with Gasteiger partial charge in [0.05, 0.1) is 13.2 Å². The summed E-state index contributed by atoms with van der Waals surface area (Å²) in [6.07, 6.45) is 5.38. The fourth-order valence-corrected chi connectivity index (χ4v) is 3.22. The van der Waals surface area contributed by atoms with E-state index in [1.54, 1.807) is 18.2 Å². The number of carbonyl (C=O) groups is 1. The summed E-state index contributed by atoms with van der Waals surface area (Å²) < 4.78 is 23.8. The van der Waals surface area contributed by atoms with Gasteiger partial charge in [-0.3, -0.25) is 9.36 Å². The smallest absolute Gasteiger partial charge is 0.326 e. The lowest BCUT2D eigenvalue weighted by Gasteiger charge is -2.15. The van der Waals surface area contributed by atoms with Crippen molar-refractivity contribution in [3.63, 3.8) is 0 Å². The van der Waals surface area contributed by atoms with Crippen LogP contribution in [0.3, 0.4) is 0 Å². The van der Waals surface area contributed by atoms with Gasteiger partial charge in [-0.1, -0.05) is 38.8 Å². The van der Waals surface area contributed by atoms with Crippen molar-refractivity contribution in [2.24, 2.45) is 0 Å². The summed E-state index contributed by atoms with van der Waals surface area (Å²) in [7, 11) is -3.23. The maximum atomic E-state index is 12.8. The first-order valence-corrected chi connectivity index (χ1v) is 10.1. The maximum absolute atomic E-state index is 12.8. The number of rotatable bonds is 11. The minimum atomic E-state index is -3.23. The Morgan fingerprint density at radius 1 is 1.08 bits per heavy atom. The molecule has 1 rings (SSSR count). The first kappa shape index (κ1) is 20.6. The van der Waals surface area contributed by atoms with E-state index in [1.165, 1.54) is 12.7 Å². The molecule has 0 atom stereocenters. The molecule has 0 unspecified atom stereocenters. The Labute approximate surface area is 145 Å². The summed E-state index contributed by atoms with van der Waals surface area (Å²) in [4.78, 5) is 11.0. The Balaban J connectivity index is 2.73. The van der Waals surface area contributed by atoms with Gasteiger partial charge < -0.3 is 14.4 Å². The molecule has 1 aromatic carbocycles. The molecule has 0 aliphatic heterocycles. The third-order valence-corrected chi connectivity index (χ3v) is 4.82. The average molecular weight is 353 g/mol. The molecule has 0 aliphatic rings. The van der Waals surface area contributed by atoms with E-state index in [-0.39, 0.29) is 5.91 Å². The lowest BCUT2D eigenvalue weighted by molar-refractivity contribution is -0.114. The van der Waals surface area contributed by atoms with Crippen molar-refractivity contribution in [3.05, 3.63) is 35.6 Å². The van der Waals surface area contributed by atoms with Gasteiger partial charge >= 0.3 is 7.60 Å². The molecule has 1 aromatic rings. The Bertz CT molecular complexity index is 555. The number of amides is 1. The second kappa shape index (κ2) is 11.2. The SMILES string of the molecule is CCCCOP(=O)(/C=C/c1ccc(NC(C)=O)cc1)OCCCC. The van der Waals surface area contributed by atoms with Crippen molar-refractivity contribution < 1.29 is 18.4 Å². The van der Waals surface area contributed by atoms with Crippen molar-refractivity contribution in [3.8, 4) is 0 Å². The number of unbranched alkanes of at least 4 members (excludes halogenated alkanes) is 2. The fraction of sp³-hybridized carbons (Fsp3) is 0.500. The predicted molar refractivity (Wildman–Crippen MR) is 99.1 cm³/mol. The molecule has 5 nitrogen and oxygen atoms in total.